The van der Waals surface area contributed by atoms with Crippen LogP contribution in [0.1, 0.15) is 32.5 Å². The fourth-order valence-corrected chi connectivity index (χ4v) is 2.29. The van der Waals surface area contributed by atoms with E-state index >= 15 is 0 Å². The third-order valence-electron chi connectivity index (χ3n) is 3.88. The van der Waals surface area contributed by atoms with Crippen molar-refractivity contribution >= 4 is 5.97 Å². The van der Waals surface area contributed by atoms with Gasteiger partial charge < -0.3 is 5.11 Å². The van der Waals surface area contributed by atoms with E-state index in [1.807, 2.05) is 44.2 Å². The fraction of sp³-hybridized carbons (Fsp3) is 0.400. The van der Waals surface area contributed by atoms with Crippen LogP contribution in [0.2, 0.25) is 0 Å². The SMILES string of the molecule is CCC(CC)(Cc1nc(-c2ccccc2)n[nH]1)C(=O)O. The smallest absolute Gasteiger partial charge is 0.310 e. The second kappa shape index (κ2) is 5.86. The first kappa shape index (κ1) is 14.2. The molecule has 0 spiro atoms. The quantitative estimate of drug-likeness (QED) is 0.848. The molecule has 0 fully saturated rings. The van der Waals surface area contributed by atoms with E-state index in [2.05, 4.69) is 15.2 Å². The maximum Gasteiger partial charge on any atom is 0.310 e. The van der Waals surface area contributed by atoms with Gasteiger partial charge in [0.05, 0.1) is 5.41 Å². The van der Waals surface area contributed by atoms with Crippen LogP contribution in [0, 0.1) is 5.41 Å². The summed E-state index contributed by atoms with van der Waals surface area (Å²) in [5.74, 6) is 0.446. The minimum Gasteiger partial charge on any atom is -0.481 e. The van der Waals surface area contributed by atoms with Crippen LogP contribution in [0.4, 0.5) is 0 Å². The van der Waals surface area contributed by atoms with Crippen LogP contribution in [-0.4, -0.2) is 26.3 Å². The van der Waals surface area contributed by atoms with Crippen molar-refractivity contribution in [3.63, 3.8) is 0 Å². The van der Waals surface area contributed by atoms with Crippen molar-refractivity contribution in [3.8, 4) is 11.4 Å². The first-order chi connectivity index (χ1) is 9.61. The van der Waals surface area contributed by atoms with E-state index in [1.165, 1.54) is 0 Å². The van der Waals surface area contributed by atoms with Gasteiger partial charge in [-0.25, -0.2) is 4.98 Å². The predicted molar refractivity (Wildman–Crippen MR) is 76.2 cm³/mol. The minimum absolute atomic E-state index is 0.370. The molecule has 0 unspecified atom stereocenters. The highest BCUT2D eigenvalue weighted by Crippen LogP contribution is 2.30. The molecule has 0 aliphatic carbocycles. The van der Waals surface area contributed by atoms with E-state index in [0.29, 0.717) is 30.9 Å². The Balaban J connectivity index is 2.23. The summed E-state index contributed by atoms with van der Waals surface area (Å²) in [5, 5.41) is 16.5. The number of carboxylic acids is 1. The molecule has 0 atom stereocenters. The molecule has 0 saturated carbocycles. The molecule has 5 nitrogen and oxygen atoms in total. The molecule has 1 aromatic heterocycles. The number of aromatic nitrogens is 3. The Hall–Kier alpha value is -2.17. The van der Waals surface area contributed by atoms with Gasteiger partial charge in [0.2, 0.25) is 0 Å². The van der Waals surface area contributed by atoms with Crippen molar-refractivity contribution in [2.75, 3.05) is 0 Å². The summed E-state index contributed by atoms with van der Waals surface area (Å²) in [6.45, 7) is 3.79. The molecular weight excluding hydrogens is 254 g/mol. The van der Waals surface area contributed by atoms with Gasteiger partial charge in [0.25, 0.3) is 0 Å². The summed E-state index contributed by atoms with van der Waals surface area (Å²) in [4.78, 5) is 15.9. The number of hydrogen-bond donors (Lipinski definition) is 2. The molecule has 0 radical (unpaired) electrons. The van der Waals surface area contributed by atoms with Gasteiger partial charge in [-0.3, -0.25) is 9.89 Å². The van der Waals surface area contributed by atoms with Gasteiger partial charge in [0.1, 0.15) is 5.82 Å². The summed E-state index contributed by atoms with van der Waals surface area (Å²) in [5.41, 5.74) is 0.150. The first-order valence-corrected chi connectivity index (χ1v) is 6.81. The fourth-order valence-electron chi connectivity index (χ4n) is 2.29. The molecule has 0 aliphatic rings. The molecular formula is C15H19N3O2. The molecule has 2 rings (SSSR count). The lowest BCUT2D eigenvalue weighted by molar-refractivity contribution is -0.149. The third kappa shape index (κ3) is 2.71. The molecule has 1 aromatic carbocycles. The number of nitrogens with one attached hydrogen (secondary N) is 1. The first-order valence-electron chi connectivity index (χ1n) is 6.81. The predicted octanol–water partition coefficient (Wildman–Crippen LogP) is 2.91. The molecule has 0 saturated heterocycles. The monoisotopic (exact) mass is 273 g/mol. The Bertz CT molecular complexity index is 574. The standard InChI is InChI=1S/C15H19N3O2/c1-3-15(4-2,14(19)20)10-12-16-13(18-17-12)11-8-6-5-7-9-11/h5-9H,3-4,10H2,1-2H3,(H,19,20)(H,16,17,18). The second-order valence-electron chi connectivity index (χ2n) is 4.94. The van der Waals surface area contributed by atoms with E-state index in [0.717, 1.165) is 5.56 Å². The molecule has 106 valence electrons. The Labute approximate surface area is 118 Å². The molecule has 2 N–H and O–H groups in total. The second-order valence-corrected chi connectivity index (χ2v) is 4.94. The largest absolute Gasteiger partial charge is 0.481 e. The summed E-state index contributed by atoms with van der Waals surface area (Å²) in [7, 11) is 0. The van der Waals surface area contributed by atoms with Gasteiger partial charge in [-0.2, -0.15) is 5.10 Å². The van der Waals surface area contributed by atoms with Crippen molar-refractivity contribution < 1.29 is 9.90 Å². The molecule has 0 amide bonds. The Morgan fingerprint density at radius 3 is 2.45 bits per heavy atom. The van der Waals surface area contributed by atoms with Gasteiger partial charge in [0.15, 0.2) is 5.82 Å². The number of benzene rings is 1. The van der Waals surface area contributed by atoms with Gasteiger partial charge >= 0.3 is 5.97 Å². The molecule has 2 aromatic rings. The number of nitrogens with zero attached hydrogens (tertiary/aromatic N) is 2. The lowest BCUT2D eigenvalue weighted by Crippen LogP contribution is -2.32. The van der Waals surface area contributed by atoms with Crippen LogP contribution >= 0.6 is 0 Å². The van der Waals surface area contributed by atoms with Gasteiger partial charge in [-0.15, -0.1) is 0 Å². The van der Waals surface area contributed by atoms with Gasteiger partial charge in [-0.05, 0) is 12.8 Å². The van der Waals surface area contributed by atoms with E-state index in [9.17, 15) is 9.90 Å². The highest BCUT2D eigenvalue weighted by molar-refractivity contribution is 5.74. The number of hydrogen-bond acceptors (Lipinski definition) is 3. The summed E-state index contributed by atoms with van der Waals surface area (Å²) in [6, 6.07) is 9.63. The average molecular weight is 273 g/mol. The number of aliphatic carboxylic acids is 1. The van der Waals surface area contributed by atoms with Crippen molar-refractivity contribution in [2.24, 2.45) is 5.41 Å². The maximum atomic E-state index is 11.5. The van der Waals surface area contributed by atoms with Crippen LogP contribution < -0.4 is 0 Å². The zero-order chi connectivity index (χ0) is 14.6. The number of carboxylic acid groups (broad SMARTS) is 1. The number of H-pyrrole nitrogens is 1. The molecule has 5 heteroatoms. The van der Waals surface area contributed by atoms with Gasteiger partial charge in [0, 0.05) is 12.0 Å². The highest BCUT2D eigenvalue weighted by Gasteiger charge is 2.36. The Morgan fingerprint density at radius 2 is 1.90 bits per heavy atom. The lowest BCUT2D eigenvalue weighted by atomic mass is 9.79. The number of rotatable bonds is 6. The van der Waals surface area contributed by atoms with Crippen molar-refractivity contribution in [1.82, 2.24) is 15.2 Å². The van der Waals surface area contributed by atoms with Crippen LogP contribution in [-0.2, 0) is 11.2 Å². The van der Waals surface area contributed by atoms with E-state index in [4.69, 9.17) is 0 Å². The number of aromatic amines is 1. The Morgan fingerprint density at radius 1 is 1.25 bits per heavy atom. The van der Waals surface area contributed by atoms with Crippen LogP contribution in [0.3, 0.4) is 0 Å². The molecule has 20 heavy (non-hydrogen) atoms. The highest BCUT2D eigenvalue weighted by atomic mass is 16.4. The lowest BCUT2D eigenvalue weighted by Gasteiger charge is -2.25. The van der Waals surface area contributed by atoms with Crippen LogP contribution in [0.25, 0.3) is 11.4 Å². The Kier molecular flexibility index (Phi) is 4.17. The minimum atomic E-state index is -0.778. The topological polar surface area (TPSA) is 78.9 Å². The normalized spacial score (nSPS) is 11.5. The molecule has 0 aliphatic heterocycles. The maximum absolute atomic E-state index is 11.5. The number of carbonyl (C=O) groups is 1. The third-order valence-corrected chi connectivity index (χ3v) is 3.88. The zero-order valence-electron chi connectivity index (χ0n) is 11.8. The molecule has 1 heterocycles. The zero-order valence-corrected chi connectivity index (χ0v) is 11.8. The van der Waals surface area contributed by atoms with E-state index in [1.54, 1.807) is 0 Å². The summed E-state index contributed by atoms with van der Waals surface area (Å²) < 4.78 is 0. The van der Waals surface area contributed by atoms with Gasteiger partial charge in [-0.1, -0.05) is 44.2 Å². The van der Waals surface area contributed by atoms with Crippen molar-refractivity contribution in [1.29, 1.82) is 0 Å². The summed E-state index contributed by atoms with van der Waals surface area (Å²) in [6.07, 6.45) is 1.51. The van der Waals surface area contributed by atoms with E-state index < -0.39 is 11.4 Å². The van der Waals surface area contributed by atoms with Crippen molar-refractivity contribution in [2.45, 2.75) is 33.1 Å². The van der Waals surface area contributed by atoms with E-state index in [-0.39, 0.29) is 0 Å². The van der Waals surface area contributed by atoms with Crippen LogP contribution in [0.5, 0.6) is 0 Å². The van der Waals surface area contributed by atoms with Crippen molar-refractivity contribution in [3.05, 3.63) is 36.2 Å². The van der Waals surface area contributed by atoms with Crippen LogP contribution in [0.15, 0.2) is 30.3 Å². The molecule has 0 bridgehead atoms. The average Bonchev–Trinajstić information content (AvgIpc) is 2.94. The summed E-state index contributed by atoms with van der Waals surface area (Å²) >= 11 is 0.